The third kappa shape index (κ3) is 5.09. The van der Waals surface area contributed by atoms with Crippen LogP contribution < -0.4 is 20.1 Å². The van der Waals surface area contributed by atoms with E-state index in [4.69, 9.17) is 9.47 Å². The SMILES string of the molecule is COc1ccc([C@@H](CNC(=O)Nc2cccnc2OC)N(C)C)cc1. The summed E-state index contributed by atoms with van der Waals surface area (Å²) in [6, 6.07) is 11.0. The largest absolute Gasteiger partial charge is 0.497 e. The molecular weight excluding hydrogens is 320 g/mol. The highest BCUT2D eigenvalue weighted by molar-refractivity contribution is 5.90. The molecule has 0 unspecified atom stereocenters. The van der Waals surface area contributed by atoms with E-state index in [-0.39, 0.29) is 12.1 Å². The predicted octanol–water partition coefficient (Wildman–Crippen LogP) is 2.52. The predicted molar refractivity (Wildman–Crippen MR) is 97.2 cm³/mol. The number of carbonyl (C=O) groups is 1. The molecule has 7 heteroatoms. The van der Waals surface area contributed by atoms with Gasteiger partial charge in [-0.25, -0.2) is 9.78 Å². The molecule has 1 aromatic heterocycles. The second-order valence-electron chi connectivity index (χ2n) is 5.65. The number of urea groups is 1. The molecule has 0 bridgehead atoms. The highest BCUT2D eigenvalue weighted by atomic mass is 16.5. The molecule has 2 N–H and O–H groups in total. The summed E-state index contributed by atoms with van der Waals surface area (Å²) in [5, 5.41) is 5.63. The standard InChI is InChI=1S/C18H24N4O3/c1-22(2)16(13-7-9-14(24-3)10-8-13)12-20-18(23)21-15-6-5-11-19-17(15)25-4/h5-11,16H,12H2,1-4H3,(H2,20,21,23)/t16-/m1/s1. The number of pyridine rings is 1. The molecular formula is C18H24N4O3. The average Bonchev–Trinajstić information content (AvgIpc) is 2.62. The zero-order valence-electron chi connectivity index (χ0n) is 14.9. The number of likely N-dealkylation sites (N-methyl/N-ethyl adjacent to an activating group) is 1. The van der Waals surface area contributed by atoms with Crippen LogP contribution in [-0.2, 0) is 0 Å². The van der Waals surface area contributed by atoms with Crippen molar-refractivity contribution in [2.75, 3.05) is 40.2 Å². The number of carbonyl (C=O) groups excluding carboxylic acids is 1. The molecule has 2 rings (SSSR count). The van der Waals surface area contributed by atoms with Gasteiger partial charge in [0.2, 0.25) is 5.88 Å². The number of methoxy groups -OCH3 is 2. The van der Waals surface area contributed by atoms with Gasteiger partial charge in [0.15, 0.2) is 0 Å². The Labute approximate surface area is 148 Å². The Morgan fingerprint density at radius 3 is 2.48 bits per heavy atom. The van der Waals surface area contributed by atoms with Gasteiger partial charge in [-0.3, -0.25) is 0 Å². The smallest absolute Gasteiger partial charge is 0.319 e. The van der Waals surface area contributed by atoms with Crippen molar-refractivity contribution in [3.63, 3.8) is 0 Å². The van der Waals surface area contributed by atoms with Gasteiger partial charge in [0.1, 0.15) is 11.4 Å². The molecule has 0 saturated carbocycles. The van der Waals surface area contributed by atoms with Crippen LogP contribution in [0, 0.1) is 0 Å². The molecule has 0 aliphatic heterocycles. The van der Waals surface area contributed by atoms with Crippen molar-refractivity contribution < 1.29 is 14.3 Å². The van der Waals surface area contributed by atoms with Gasteiger partial charge < -0.3 is 25.0 Å². The molecule has 0 spiro atoms. The molecule has 2 aromatic rings. The summed E-state index contributed by atoms with van der Waals surface area (Å²) in [5.74, 6) is 1.17. The van der Waals surface area contributed by atoms with Crippen LogP contribution in [0.4, 0.5) is 10.5 Å². The first kappa shape index (κ1) is 18.5. The first-order valence-electron chi connectivity index (χ1n) is 7.89. The number of hydrogen-bond donors (Lipinski definition) is 2. The van der Waals surface area contributed by atoms with Gasteiger partial charge in [-0.2, -0.15) is 0 Å². The van der Waals surface area contributed by atoms with Crippen molar-refractivity contribution in [3.8, 4) is 11.6 Å². The summed E-state index contributed by atoms with van der Waals surface area (Å²) in [7, 11) is 7.09. The first-order chi connectivity index (χ1) is 12.0. The summed E-state index contributed by atoms with van der Waals surface area (Å²) in [4.78, 5) is 18.3. The molecule has 2 amide bonds. The van der Waals surface area contributed by atoms with E-state index in [2.05, 4.69) is 15.6 Å². The number of hydrogen-bond acceptors (Lipinski definition) is 5. The van der Waals surface area contributed by atoms with Gasteiger partial charge in [-0.05, 0) is 43.9 Å². The number of nitrogens with zero attached hydrogens (tertiary/aromatic N) is 2. The van der Waals surface area contributed by atoms with Gasteiger partial charge in [-0.15, -0.1) is 0 Å². The van der Waals surface area contributed by atoms with Crippen molar-refractivity contribution in [3.05, 3.63) is 48.2 Å². The number of anilines is 1. The zero-order chi connectivity index (χ0) is 18.2. The van der Waals surface area contributed by atoms with E-state index in [0.29, 0.717) is 18.1 Å². The Morgan fingerprint density at radius 2 is 1.88 bits per heavy atom. The number of rotatable bonds is 7. The van der Waals surface area contributed by atoms with E-state index in [1.165, 1.54) is 7.11 Å². The zero-order valence-corrected chi connectivity index (χ0v) is 14.9. The van der Waals surface area contributed by atoms with Crippen LogP contribution in [0.1, 0.15) is 11.6 Å². The van der Waals surface area contributed by atoms with Gasteiger partial charge >= 0.3 is 6.03 Å². The summed E-state index contributed by atoms with van der Waals surface area (Å²) in [6.07, 6.45) is 1.60. The molecule has 0 aliphatic rings. The molecule has 1 heterocycles. The number of ether oxygens (including phenoxy) is 2. The lowest BCUT2D eigenvalue weighted by Crippen LogP contribution is -2.37. The molecule has 1 atom stereocenters. The Morgan fingerprint density at radius 1 is 1.16 bits per heavy atom. The average molecular weight is 344 g/mol. The highest BCUT2D eigenvalue weighted by Gasteiger charge is 2.16. The Kier molecular flexibility index (Phi) is 6.59. The van der Waals surface area contributed by atoms with Crippen LogP contribution in [0.25, 0.3) is 0 Å². The molecule has 1 aromatic carbocycles. The van der Waals surface area contributed by atoms with Crippen LogP contribution in [0.15, 0.2) is 42.6 Å². The lowest BCUT2D eigenvalue weighted by atomic mass is 10.1. The van der Waals surface area contributed by atoms with E-state index in [1.807, 2.05) is 43.3 Å². The highest BCUT2D eigenvalue weighted by Crippen LogP contribution is 2.21. The minimum Gasteiger partial charge on any atom is -0.497 e. The summed E-state index contributed by atoms with van der Waals surface area (Å²) >= 11 is 0. The van der Waals surface area contributed by atoms with Crippen molar-refractivity contribution in [1.82, 2.24) is 15.2 Å². The van der Waals surface area contributed by atoms with E-state index in [9.17, 15) is 4.79 Å². The maximum absolute atomic E-state index is 12.2. The van der Waals surface area contributed by atoms with Crippen LogP contribution in [0.5, 0.6) is 11.6 Å². The maximum Gasteiger partial charge on any atom is 0.319 e. The van der Waals surface area contributed by atoms with Gasteiger partial charge in [0.05, 0.1) is 20.3 Å². The number of amides is 2. The Hall–Kier alpha value is -2.80. The van der Waals surface area contributed by atoms with E-state index < -0.39 is 0 Å². The van der Waals surface area contributed by atoms with Crippen molar-refractivity contribution >= 4 is 11.7 Å². The van der Waals surface area contributed by atoms with E-state index >= 15 is 0 Å². The summed E-state index contributed by atoms with van der Waals surface area (Å²) in [5.41, 5.74) is 1.61. The second kappa shape index (κ2) is 8.89. The Bertz CT molecular complexity index is 689. The third-order valence-electron chi connectivity index (χ3n) is 3.79. The van der Waals surface area contributed by atoms with Gasteiger partial charge in [0.25, 0.3) is 0 Å². The molecule has 0 fully saturated rings. The quantitative estimate of drug-likeness (QED) is 0.807. The van der Waals surface area contributed by atoms with Crippen LogP contribution in [0.3, 0.4) is 0 Å². The van der Waals surface area contributed by atoms with Crippen LogP contribution in [-0.4, -0.2) is 50.8 Å². The third-order valence-corrected chi connectivity index (χ3v) is 3.79. The van der Waals surface area contributed by atoms with Gasteiger partial charge in [0, 0.05) is 12.7 Å². The minimum absolute atomic E-state index is 0.0347. The fourth-order valence-corrected chi connectivity index (χ4v) is 2.43. The number of nitrogens with one attached hydrogen (secondary N) is 2. The second-order valence-corrected chi connectivity index (χ2v) is 5.65. The Balaban J connectivity index is 1.99. The fourth-order valence-electron chi connectivity index (χ4n) is 2.43. The lowest BCUT2D eigenvalue weighted by Gasteiger charge is -2.25. The maximum atomic E-state index is 12.2. The molecule has 0 radical (unpaired) electrons. The topological polar surface area (TPSA) is 75.7 Å². The summed E-state index contributed by atoms with van der Waals surface area (Å²) in [6.45, 7) is 0.452. The molecule has 134 valence electrons. The molecule has 7 nitrogen and oxygen atoms in total. The summed E-state index contributed by atoms with van der Waals surface area (Å²) < 4.78 is 10.3. The van der Waals surface area contributed by atoms with Crippen molar-refractivity contribution in [2.45, 2.75) is 6.04 Å². The number of benzene rings is 1. The number of aromatic nitrogens is 1. The van der Waals surface area contributed by atoms with Gasteiger partial charge in [-0.1, -0.05) is 12.1 Å². The molecule has 0 aliphatic carbocycles. The van der Waals surface area contributed by atoms with Crippen LogP contribution >= 0.6 is 0 Å². The minimum atomic E-state index is -0.313. The van der Waals surface area contributed by atoms with Crippen molar-refractivity contribution in [1.29, 1.82) is 0 Å². The van der Waals surface area contributed by atoms with Crippen molar-refractivity contribution in [2.24, 2.45) is 0 Å². The lowest BCUT2D eigenvalue weighted by molar-refractivity contribution is 0.243. The monoisotopic (exact) mass is 344 g/mol. The normalized spacial score (nSPS) is 11.7. The molecule has 25 heavy (non-hydrogen) atoms. The van der Waals surface area contributed by atoms with E-state index in [0.717, 1.165) is 11.3 Å². The first-order valence-corrected chi connectivity index (χ1v) is 7.89. The van der Waals surface area contributed by atoms with E-state index in [1.54, 1.807) is 25.4 Å². The van der Waals surface area contributed by atoms with Crippen LogP contribution in [0.2, 0.25) is 0 Å². The molecule has 0 saturated heterocycles. The fraction of sp³-hybridized carbons (Fsp3) is 0.333.